The van der Waals surface area contributed by atoms with Crippen molar-refractivity contribution in [1.29, 1.82) is 0 Å². The normalized spacial score (nSPS) is 18.9. The molecule has 1 aliphatic heterocycles. The Bertz CT molecular complexity index is 401. The molecule has 1 aromatic heterocycles. The van der Waals surface area contributed by atoms with Crippen molar-refractivity contribution in [2.24, 2.45) is 0 Å². The molecule has 1 aromatic rings. The number of nitrogens with zero attached hydrogens (tertiary/aromatic N) is 3. The van der Waals surface area contributed by atoms with Crippen molar-refractivity contribution in [2.75, 3.05) is 26.1 Å². The lowest BCUT2D eigenvalue weighted by Crippen LogP contribution is -2.30. The minimum atomic E-state index is -0.339. The summed E-state index contributed by atoms with van der Waals surface area (Å²) in [6, 6.07) is -0.339. The van der Waals surface area contributed by atoms with Gasteiger partial charge in [0.2, 0.25) is 0 Å². The van der Waals surface area contributed by atoms with E-state index < -0.39 is 0 Å². The van der Waals surface area contributed by atoms with E-state index in [1.807, 2.05) is 0 Å². The van der Waals surface area contributed by atoms with Crippen LogP contribution in [0.1, 0.15) is 12.8 Å². The number of rotatable bonds is 4. The van der Waals surface area contributed by atoms with Crippen LogP contribution in [0.2, 0.25) is 0 Å². The predicted octanol–water partition coefficient (Wildman–Crippen LogP) is 1.09. The highest BCUT2D eigenvalue weighted by Gasteiger charge is 2.16. The summed E-state index contributed by atoms with van der Waals surface area (Å²) in [5, 5.41) is 7.96. The number of hydrogen-bond acceptors (Lipinski definition) is 4. The number of ether oxygens (including phenoxy) is 1. The molecule has 0 spiro atoms. The smallest absolute Gasteiger partial charge is 0.345 e. The van der Waals surface area contributed by atoms with Crippen LogP contribution in [0, 0.1) is 0 Å². The molecule has 1 atom stereocenters. The summed E-state index contributed by atoms with van der Waals surface area (Å²) < 4.78 is 7.30. The van der Waals surface area contributed by atoms with Crippen molar-refractivity contribution >= 4 is 11.7 Å². The zero-order chi connectivity index (χ0) is 13.0. The molecular formula is C11H18N4O3. The molecule has 2 heterocycles. The quantitative estimate of drug-likeness (QED) is 0.817. The third-order valence-electron chi connectivity index (χ3n) is 2.86. The van der Waals surface area contributed by atoms with Gasteiger partial charge >= 0.3 is 6.03 Å². The van der Waals surface area contributed by atoms with E-state index >= 15 is 0 Å². The van der Waals surface area contributed by atoms with Gasteiger partial charge in [-0.2, -0.15) is 5.10 Å². The summed E-state index contributed by atoms with van der Waals surface area (Å²) in [7, 11) is 2.96. The van der Waals surface area contributed by atoms with E-state index in [2.05, 4.69) is 10.4 Å². The van der Waals surface area contributed by atoms with Gasteiger partial charge in [-0.25, -0.2) is 9.86 Å². The highest BCUT2D eigenvalue weighted by molar-refractivity contribution is 5.87. The number of urea groups is 1. The molecule has 1 N–H and O–H groups in total. The number of carbonyl (C=O) groups is 1. The molecule has 18 heavy (non-hydrogen) atoms. The fraction of sp³-hybridized carbons (Fsp3) is 0.636. The molecule has 2 rings (SSSR count). The zero-order valence-corrected chi connectivity index (χ0v) is 10.6. The van der Waals surface area contributed by atoms with Gasteiger partial charge in [-0.3, -0.25) is 9.52 Å². The maximum atomic E-state index is 11.5. The van der Waals surface area contributed by atoms with E-state index in [1.54, 1.807) is 17.1 Å². The van der Waals surface area contributed by atoms with Crippen molar-refractivity contribution in [3.63, 3.8) is 0 Å². The van der Waals surface area contributed by atoms with Crippen LogP contribution in [-0.2, 0) is 16.1 Å². The molecule has 7 heteroatoms. The molecule has 0 saturated carbocycles. The number of anilines is 1. The van der Waals surface area contributed by atoms with Crippen LogP contribution in [-0.4, -0.2) is 47.7 Å². The van der Waals surface area contributed by atoms with E-state index in [1.165, 1.54) is 14.2 Å². The first kappa shape index (κ1) is 12.8. The number of hydrogen-bond donors (Lipinski definition) is 1. The van der Waals surface area contributed by atoms with Gasteiger partial charge in [0.15, 0.2) is 0 Å². The molecule has 1 fully saturated rings. The number of nitrogens with one attached hydrogen (secondary N) is 1. The first-order valence-electron chi connectivity index (χ1n) is 5.92. The van der Waals surface area contributed by atoms with Gasteiger partial charge in [0, 0.05) is 19.9 Å². The van der Waals surface area contributed by atoms with E-state index in [-0.39, 0.29) is 12.1 Å². The van der Waals surface area contributed by atoms with E-state index in [9.17, 15) is 4.79 Å². The van der Waals surface area contributed by atoms with E-state index in [4.69, 9.17) is 9.57 Å². The second-order valence-electron chi connectivity index (χ2n) is 4.20. The summed E-state index contributed by atoms with van der Waals surface area (Å²) in [6.07, 6.45) is 5.79. The van der Waals surface area contributed by atoms with E-state index in [0.29, 0.717) is 5.69 Å². The van der Waals surface area contributed by atoms with Crippen molar-refractivity contribution < 1.29 is 14.4 Å². The molecule has 1 saturated heterocycles. The monoisotopic (exact) mass is 254 g/mol. The summed E-state index contributed by atoms with van der Waals surface area (Å²) >= 11 is 0. The van der Waals surface area contributed by atoms with Crippen LogP contribution in [0.25, 0.3) is 0 Å². The third kappa shape index (κ3) is 3.21. The highest BCUT2D eigenvalue weighted by atomic mass is 16.7. The fourth-order valence-electron chi connectivity index (χ4n) is 1.81. The Labute approximate surface area is 106 Å². The van der Waals surface area contributed by atoms with Gasteiger partial charge in [0.25, 0.3) is 0 Å². The fourth-order valence-corrected chi connectivity index (χ4v) is 1.81. The SMILES string of the molecule is CON(C)C(=O)Nc1cnn(CC2CCCO2)c1. The van der Waals surface area contributed by atoms with Crippen molar-refractivity contribution in [3.05, 3.63) is 12.4 Å². The van der Waals surface area contributed by atoms with Gasteiger partial charge < -0.3 is 10.1 Å². The summed E-state index contributed by atoms with van der Waals surface area (Å²) in [5.74, 6) is 0. The Kier molecular flexibility index (Phi) is 4.16. The molecule has 7 nitrogen and oxygen atoms in total. The topological polar surface area (TPSA) is 68.6 Å². The van der Waals surface area contributed by atoms with Crippen LogP contribution in [0.4, 0.5) is 10.5 Å². The maximum Gasteiger partial charge on any atom is 0.345 e. The molecule has 0 radical (unpaired) electrons. The Balaban J connectivity index is 1.87. The van der Waals surface area contributed by atoms with Gasteiger partial charge in [0.05, 0.1) is 31.6 Å². The standard InChI is InChI=1S/C11H18N4O3/c1-14(17-2)11(16)13-9-6-12-15(7-9)8-10-4-3-5-18-10/h6-7,10H,3-5,8H2,1-2H3,(H,13,16). The maximum absolute atomic E-state index is 11.5. The first-order valence-corrected chi connectivity index (χ1v) is 5.92. The number of aromatic nitrogens is 2. The molecule has 0 aromatic carbocycles. The third-order valence-corrected chi connectivity index (χ3v) is 2.86. The predicted molar refractivity (Wildman–Crippen MR) is 65.0 cm³/mol. The minimum absolute atomic E-state index is 0.232. The molecule has 1 unspecified atom stereocenters. The van der Waals surface area contributed by atoms with E-state index in [0.717, 1.165) is 31.1 Å². The van der Waals surface area contributed by atoms with Crippen molar-refractivity contribution in [1.82, 2.24) is 14.8 Å². The van der Waals surface area contributed by atoms with Gasteiger partial charge in [-0.15, -0.1) is 0 Å². The largest absolute Gasteiger partial charge is 0.376 e. The van der Waals surface area contributed by atoms with Crippen LogP contribution >= 0.6 is 0 Å². The molecule has 0 bridgehead atoms. The Morgan fingerprint density at radius 3 is 3.28 bits per heavy atom. The number of hydroxylamine groups is 2. The van der Waals surface area contributed by atoms with Gasteiger partial charge in [-0.05, 0) is 12.8 Å². The van der Waals surface area contributed by atoms with Crippen LogP contribution in [0.3, 0.4) is 0 Å². The Hall–Kier alpha value is -1.60. The average molecular weight is 254 g/mol. The summed E-state index contributed by atoms with van der Waals surface area (Å²) in [4.78, 5) is 16.3. The Morgan fingerprint density at radius 2 is 2.61 bits per heavy atom. The lowest BCUT2D eigenvalue weighted by atomic mass is 10.2. The number of amides is 2. The van der Waals surface area contributed by atoms with Crippen molar-refractivity contribution in [3.8, 4) is 0 Å². The molecule has 100 valence electrons. The van der Waals surface area contributed by atoms with Crippen LogP contribution in [0.15, 0.2) is 12.4 Å². The van der Waals surface area contributed by atoms with Gasteiger partial charge in [-0.1, -0.05) is 0 Å². The summed E-state index contributed by atoms with van der Waals surface area (Å²) in [6.45, 7) is 1.55. The zero-order valence-electron chi connectivity index (χ0n) is 10.6. The molecule has 2 amide bonds. The van der Waals surface area contributed by atoms with Crippen LogP contribution < -0.4 is 5.32 Å². The first-order chi connectivity index (χ1) is 8.69. The molecule has 1 aliphatic rings. The lowest BCUT2D eigenvalue weighted by molar-refractivity contribution is -0.0598. The Morgan fingerprint density at radius 1 is 1.78 bits per heavy atom. The van der Waals surface area contributed by atoms with Crippen molar-refractivity contribution in [2.45, 2.75) is 25.5 Å². The average Bonchev–Trinajstić information content (AvgIpc) is 3.01. The van der Waals surface area contributed by atoms with Crippen LogP contribution in [0.5, 0.6) is 0 Å². The second-order valence-corrected chi connectivity index (χ2v) is 4.20. The minimum Gasteiger partial charge on any atom is -0.376 e. The molecular weight excluding hydrogens is 236 g/mol. The lowest BCUT2D eigenvalue weighted by Gasteiger charge is -2.13. The molecule has 0 aliphatic carbocycles. The summed E-state index contributed by atoms with van der Waals surface area (Å²) in [5.41, 5.74) is 0.641. The number of carbonyl (C=O) groups excluding carboxylic acids is 1. The highest BCUT2D eigenvalue weighted by Crippen LogP contribution is 2.15. The second kappa shape index (κ2) is 5.83. The van der Waals surface area contributed by atoms with Gasteiger partial charge in [0.1, 0.15) is 0 Å².